The molecule has 0 unspecified atom stereocenters. The molecule has 27 heavy (non-hydrogen) atoms. The number of fused-ring (bicyclic) bond motifs is 1. The van der Waals surface area contributed by atoms with Crippen LogP contribution in [0.15, 0.2) is 36.4 Å². The van der Waals surface area contributed by atoms with Crippen molar-refractivity contribution >= 4 is 11.7 Å². The summed E-state index contributed by atoms with van der Waals surface area (Å²) in [4.78, 5) is 21.1. The van der Waals surface area contributed by atoms with E-state index in [1.54, 1.807) is 0 Å². The molecule has 0 radical (unpaired) electrons. The number of aryl methyl sites for hydroxylation is 2. The number of nitrogens with two attached hydrogens (primary N) is 1. The second-order valence-electron chi connectivity index (χ2n) is 7.50. The van der Waals surface area contributed by atoms with E-state index in [9.17, 15) is 9.90 Å². The Kier molecular flexibility index (Phi) is 5.09. The maximum atomic E-state index is 12.0. The summed E-state index contributed by atoms with van der Waals surface area (Å²) in [5.41, 5.74) is 9.54. The van der Waals surface area contributed by atoms with E-state index < -0.39 is 12.0 Å². The number of β-amino-alcohol motifs (C(OH)–C–C–N with tert-alkyl or cyclic N) is 1. The fourth-order valence-corrected chi connectivity index (χ4v) is 4.12. The van der Waals surface area contributed by atoms with Gasteiger partial charge in [-0.05, 0) is 36.5 Å². The molecular formula is C21H26N4O2. The van der Waals surface area contributed by atoms with E-state index in [2.05, 4.69) is 17.0 Å². The molecule has 6 heteroatoms. The molecule has 4 rings (SSSR count). The van der Waals surface area contributed by atoms with Gasteiger partial charge in [0, 0.05) is 38.4 Å². The Labute approximate surface area is 159 Å². The lowest BCUT2D eigenvalue weighted by atomic mass is 10.1. The van der Waals surface area contributed by atoms with Crippen LogP contribution in [0.3, 0.4) is 0 Å². The van der Waals surface area contributed by atoms with Crippen LogP contribution in [0.5, 0.6) is 0 Å². The number of aliphatic hydroxyl groups excluding tert-OH is 1. The van der Waals surface area contributed by atoms with E-state index in [0.29, 0.717) is 31.0 Å². The normalized spacial score (nSPS) is 20.3. The number of benzene rings is 1. The van der Waals surface area contributed by atoms with Gasteiger partial charge < -0.3 is 15.7 Å². The molecule has 1 aliphatic carbocycles. The zero-order valence-corrected chi connectivity index (χ0v) is 15.5. The van der Waals surface area contributed by atoms with Crippen LogP contribution in [0.1, 0.15) is 33.6 Å². The number of anilines is 1. The van der Waals surface area contributed by atoms with Crippen LogP contribution in [0.2, 0.25) is 0 Å². The van der Waals surface area contributed by atoms with E-state index in [1.807, 2.05) is 29.2 Å². The van der Waals surface area contributed by atoms with Gasteiger partial charge >= 0.3 is 0 Å². The Hall–Kier alpha value is -2.44. The van der Waals surface area contributed by atoms with Crippen molar-refractivity contribution in [3.63, 3.8) is 0 Å². The van der Waals surface area contributed by atoms with Gasteiger partial charge in [0.05, 0.1) is 11.7 Å². The lowest BCUT2D eigenvalue weighted by Gasteiger charge is -2.25. The van der Waals surface area contributed by atoms with E-state index >= 15 is 0 Å². The van der Waals surface area contributed by atoms with Crippen molar-refractivity contribution in [3.05, 3.63) is 58.8 Å². The molecule has 1 atom stereocenters. The molecule has 2 heterocycles. The molecule has 0 saturated carbocycles. The van der Waals surface area contributed by atoms with Crippen molar-refractivity contribution in [2.24, 2.45) is 5.73 Å². The quantitative estimate of drug-likeness (QED) is 0.854. The SMILES string of the molecule is NC(=O)c1cc2c(nc1N1CCN(Cc3ccccc3)C[C@H](O)C1)CCC2. The van der Waals surface area contributed by atoms with Crippen LogP contribution in [0.4, 0.5) is 5.82 Å². The summed E-state index contributed by atoms with van der Waals surface area (Å²) in [5.74, 6) is 0.177. The Morgan fingerprint density at radius 1 is 1.19 bits per heavy atom. The van der Waals surface area contributed by atoms with Crippen LogP contribution in [0.25, 0.3) is 0 Å². The summed E-state index contributed by atoms with van der Waals surface area (Å²) >= 11 is 0. The van der Waals surface area contributed by atoms with Crippen LogP contribution >= 0.6 is 0 Å². The van der Waals surface area contributed by atoms with Gasteiger partial charge in [0.15, 0.2) is 0 Å². The summed E-state index contributed by atoms with van der Waals surface area (Å²) in [6.45, 7) is 3.35. The number of hydrogen-bond donors (Lipinski definition) is 2. The largest absolute Gasteiger partial charge is 0.390 e. The van der Waals surface area contributed by atoms with E-state index in [1.165, 1.54) is 5.56 Å². The number of pyridine rings is 1. The molecule has 1 saturated heterocycles. The number of carbonyl (C=O) groups excluding carboxylic acids is 1. The number of carbonyl (C=O) groups is 1. The first-order chi connectivity index (χ1) is 13.1. The number of nitrogens with zero attached hydrogens (tertiary/aromatic N) is 3. The summed E-state index contributed by atoms with van der Waals surface area (Å²) in [7, 11) is 0. The average molecular weight is 366 g/mol. The summed E-state index contributed by atoms with van der Waals surface area (Å²) < 4.78 is 0. The van der Waals surface area contributed by atoms with Crippen LogP contribution in [0, 0.1) is 0 Å². The highest BCUT2D eigenvalue weighted by molar-refractivity contribution is 5.98. The Morgan fingerprint density at radius 2 is 2.00 bits per heavy atom. The molecule has 1 aliphatic heterocycles. The highest BCUT2D eigenvalue weighted by Crippen LogP contribution is 2.28. The first-order valence-corrected chi connectivity index (χ1v) is 9.62. The number of aliphatic hydroxyl groups is 1. The molecule has 2 aromatic rings. The first kappa shape index (κ1) is 17.9. The second-order valence-corrected chi connectivity index (χ2v) is 7.50. The summed E-state index contributed by atoms with van der Waals surface area (Å²) in [6.07, 6.45) is 2.46. The lowest BCUT2D eigenvalue weighted by molar-refractivity contribution is 0.0999. The highest BCUT2D eigenvalue weighted by Gasteiger charge is 2.27. The van der Waals surface area contributed by atoms with Crippen molar-refractivity contribution in [2.45, 2.75) is 31.9 Å². The molecular weight excluding hydrogens is 340 g/mol. The second kappa shape index (κ2) is 7.66. The minimum Gasteiger partial charge on any atom is -0.390 e. The smallest absolute Gasteiger partial charge is 0.252 e. The zero-order chi connectivity index (χ0) is 18.8. The predicted octanol–water partition coefficient (Wildman–Crippen LogP) is 1.35. The zero-order valence-electron chi connectivity index (χ0n) is 15.5. The van der Waals surface area contributed by atoms with Gasteiger partial charge in [-0.3, -0.25) is 9.69 Å². The summed E-state index contributed by atoms with van der Waals surface area (Å²) in [6, 6.07) is 12.2. The van der Waals surface area contributed by atoms with Gasteiger partial charge in [0.25, 0.3) is 5.91 Å². The fourth-order valence-electron chi connectivity index (χ4n) is 4.12. The van der Waals surface area contributed by atoms with Crippen LogP contribution in [-0.2, 0) is 19.4 Å². The topological polar surface area (TPSA) is 82.7 Å². The number of primary amides is 1. The molecule has 2 aliphatic rings. The third kappa shape index (κ3) is 3.96. The van der Waals surface area contributed by atoms with Crippen molar-refractivity contribution in [2.75, 3.05) is 31.1 Å². The Bertz CT molecular complexity index is 824. The first-order valence-electron chi connectivity index (χ1n) is 9.62. The summed E-state index contributed by atoms with van der Waals surface area (Å²) in [5, 5.41) is 10.6. The van der Waals surface area contributed by atoms with E-state index in [4.69, 9.17) is 10.7 Å². The van der Waals surface area contributed by atoms with Crippen molar-refractivity contribution in [1.29, 1.82) is 0 Å². The molecule has 1 amide bonds. The Balaban J connectivity index is 1.56. The molecule has 0 bridgehead atoms. The number of aromatic nitrogens is 1. The monoisotopic (exact) mass is 366 g/mol. The molecule has 1 aromatic heterocycles. The van der Waals surface area contributed by atoms with Crippen LogP contribution < -0.4 is 10.6 Å². The minimum absolute atomic E-state index is 0.452. The third-order valence-electron chi connectivity index (χ3n) is 5.43. The maximum Gasteiger partial charge on any atom is 0.252 e. The lowest BCUT2D eigenvalue weighted by Crippen LogP contribution is -2.35. The minimum atomic E-state index is -0.507. The average Bonchev–Trinajstić information content (AvgIpc) is 3.04. The van der Waals surface area contributed by atoms with Gasteiger partial charge in [-0.15, -0.1) is 0 Å². The third-order valence-corrected chi connectivity index (χ3v) is 5.43. The number of rotatable bonds is 4. The predicted molar refractivity (Wildman–Crippen MR) is 105 cm³/mol. The van der Waals surface area contributed by atoms with Crippen molar-refractivity contribution in [3.8, 4) is 0 Å². The standard InChI is InChI=1S/C21H26N4O2/c22-20(27)18-11-16-7-4-8-19(16)23-21(18)25-10-9-24(13-17(26)14-25)12-15-5-2-1-3-6-15/h1-3,5-6,11,17,26H,4,7-10,12-14H2,(H2,22,27)/t17-/m0/s1. The van der Waals surface area contributed by atoms with E-state index in [-0.39, 0.29) is 0 Å². The van der Waals surface area contributed by atoms with Gasteiger partial charge in [0.1, 0.15) is 5.82 Å². The number of hydrogen-bond acceptors (Lipinski definition) is 5. The van der Waals surface area contributed by atoms with E-state index in [0.717, 1.165) is 43.6 Å². The van der Waals surface area contributed by atoms with Gasteiger partial charge in [0.2, 0.25) is 0 Å². The fraction of sp³-hybridized carbons (Fsp3) is 0.429. The molecule has 1 aromatic carbocycles. The van der Waals surface area contributed by atoms with Crippen LogP contribution in [-0.4, -0.2) is 53.2 Å². The van der Waals surface area contributed by atoms with Gasteiger partial charge in [-0.25, -0.2) is 4.98 Å². The Morgan fingerprint density at radius 3 is 2.78 bits per heavy atom. The van der Waals surface area contributed by atoms with Crippen molar-refractivity contribution in [1.82, 2.24) is 9.88 Å². The highest BCUT2D eigenvalue weighted by atomic mass is 16.3. The van der Waals surface area contributed by atoms with Gasteiger partial charge in [-0.1, -0.05) is 30.3 Å². The maximum absolute atomic E-state index is 12.0. The molecule has 3 N–H and O–H groups in total. The molecule has 142 valence electrons. The molecule has 6 nitrogen and oxygen atoms in total. The molecule has 1 fully saturated rings. The van der Waals surface area contributed by atoms with Crippen molar-refractivity contribution < 1.29 is 9.90 Å². The molecule has 0 spiro atoms. The number of amides is 1. The van der Waals surface area contributed by atoms with Gasteiger partial charge in [-0.2, -0.15) is 0 Å².